The second kappa shape index (κ2) is 9.21. The van der Waals surface area contributed by atoms with Crippen LogP contribution in [-0.4, -0.2) is 24.8 Å². The molecule has 0 saturated carbocycles. The fraction of sp³-hybridized carbons (Fsp3) is 0.263. The van der Waals surface area contributed by atoms with E-state index in [0.29, 0.717) is 36.2 Å². The van der Waals surface area contributed by atoms with Gasteiger partial charge in [-0.25, -0.2) is 0 Å². The molecule has 0 heterocycles. The van der Waals surface area contributed by atoms with E-state index in [1.807, 2.05) is 26.0 Å². The van der Waals surface area contributed by atoms with E-state index in [9.17, 15) is 9.59 Å². The Morgan fingerprint density at radius 3 is 2.29 bits per heavy atom. The van der Waals surface area contributed by atoms with Gasteiger partial charge in [0.15, 0.2) is 5.78 Å². The maximum atomic E-state index is 12.8. The highest BCUT2D eigenvalue weighted by Crippen LogP contribution is 2.17. The molecule has 2 aromatic rings. The van der Waals surface area contributed by atoms with Crippen LogP contribution in [-0.2, 0) is 0 Å². The van der Waals surface area contributed by atoms with E-state index in [1.54, 1.807) is 30.3 Å². The molecule has 0 bridgehead atoms. The number of carbonyl (C=O) groups excluding carboxylic acids is 2. The molecule has 2 rings (SSSR count). The number of halogens is 1. The minimum Gasteiger partial charge on any atom is -0.352 e. The van der Waals surface area contributed by atoms with Crippen LogP contribution >= 0.6 is 12.4 Å². The summed E-state index contributed by atoms with van der Waals surface area (Å²) in [5, 5.41) is 2.80. The normalized spacial score (nSPS) is 9.96. The molecule has 0 unspecified atom stereocenters. The molecule has 0 saturated heterocycles. The van der Waals surface area contributed by atoms with E-state index in [0.717, 1.165) is 11.1 Å². The van der Waals surface area contributed by atoms with Crippen molar-refractivity contribution in [3.05, 3.63) is 70.3 Å². The highest BCUT2D eigenvalue weighted by atomic mass is 35.5. The standard InChI is InChI=1S/C19H22N2O2.ClH/c1-13-8-9-15(12-14(13)2)18(22)16-6-3-4-7-17(16)19(23)21-11-5-10-20;/h3-4,6-9,12H,5,10-11,20H2,1-2H3,(H,21,23);1H. The number of ketones is 1. The summed E-state index contributed by atoms with van der Waals surface area (Å²) in [6.45, 7) is 4.99. The Labute approximate surface area is 148 Å². The number of rotatable bonds is 6. The maximum absolute atomic E-state index is 12.8. The van der Waals surface area contributed by atoms with Gasteiger partial charge in [-0.3, -0.25) is 9.59 Å². The van der Waals surface area contributed by atoms with Crippen molar-refractivity contribution in [2.75, 3.05) is 13.1 Å². The van der Waals surface area contributed by atoms with Crippen molar-refractivity contribution >= 4 is 24.1 Å². The second-order valence-electron chi connectivity index (χ2n) is 5.57. The lowest BCUT2D eigenvalue weighted by Gasteiger charge is -2.10. The average Bonchev–Trinajstić information content (AvgIpc) is 2.57. The van der Waals surface area contributed by atoms with Crippen molar-refractivity contribution in [2.45, 2.75) is 20.3 Å². The molecule has 0 atom stereocenters. The number of benzene rings is 2. The molecule has 3 N–H and O–H groups in total. The Morgan fingerprint density at radius 1 is 1.00 bits per heavy atom. The number of aryl methyl sites for hydroxylation is 2. The van der Waals surface area contributed by atoms with E-state index in [2.05, 4.69) is 5.32 Å². The average molecular weight is 347 g/mol. The fourth-order valence-corrected chi connectivity index (χ4v) is 2.32. The molecular formula is C19H23ClN2O2. The van der Waals surface area contributed by atoms with Gasteiger partial charge in [-0.15, -0.1) is 12.4 Å². The summed E-state index contributed by atoms with van der Waals surface area (Å²) in [6.07, 6.45) is 0.707. The van der Waals surface area contributed by atoms with Crippen LogP contribution in [0.3, 0.4) is 0 Å². The van der Waals surface area contributed by atoms with Crippen molar-refractivity contribution in [1.29, 1.82) is 0 Å². The summed E-state index contributed by atoms with van der Waals surface area (Å²) in [6, 6.07) is 12.5. The predicted octanol–water partition coefficient (Wildman–Crippen LogP) is 3.03. The smallest absolute Gasteiger partial charge is 0.252 e. The van der Waals surface area contributed by atoms with Gasteiger partial charge in [0.1, 0.15) is 0 Å². The molecule has 24 heavy (non-hydrogen) atoms. The first-order valence-corrected chi connectivity index (χ1v) is 7.74. The molecule has 2 aromatic carbocycles. The van der Waals surface area contributed by atoms with Crippen molar-refractivity contribution in [3.8, 4) is 0 Å². The van der Waals surface area contributed by atoms with Gasteiger partial charge < -0.3 is 11.1 Å². The molecule has 128 valence electrons. The van der Waals surface area contributed by atoms with Crippen molar-refractivity contribution in [3.63, 3.8) is 0 Å². The molecule has 0 aromatic heterocycles. The first-order chi connectivity index (χ1) is 11.0. The summed E-state index contributed by atoms with van der Waals surface area (Å²) in [5.41, 5.74) is 9.02. The van der Waals surface area contributed by atoms with Gasteiger partial charge in [-0.2, -0.15) is 0 Å². The fourth-order valence-electron chi connectivity index (χ4n) is 2.32. The molecule has 0 aliphatic heterocycles. The Balaban J connectivity index is 0.00000288. The lowest BCUT2D eigenvalue weighted by Crippen LogP contribution is -2.27. The third-order valence-corrected chi connectivity index (χ3v) is 3.85. The van der Waals surface area contributed by atoms with Crippen LogP contribution in [0.15, 0.2) is 42.5 Å². The molecule has 5 heteroatoms. The molecule has 0 fully saturated rings. The summed E-state index contributed by atoms with van der Waals surface area (Å²) in [4.78, 5) is 25.1. The maximum Gasteiger partial charge on any atom is 0.252 e. The lowest BCUT2D eigenvalue weighted by atomic mass is 9.95. The number of amides is 1. The highest BCUT2D eigenvalue weighted by molar-refractivity contribution is 6.15. The molecule has 0 radical (unpaired) electrons. The van der Waals surface area contributed by atoms with Crippen LogP contribution in [0.1, 0.15) is 43.8 Å². The topological polar surface area (TPSA) is 72.2 Å². The van der Waals surface area contributed by atoms with Crippen LogP contribution in [0.2, 0.25) is 0 Å². The molecule has 0 aliphatic carbocycles. The van der Waals surface area contributed by atoms with Gasteiger partial charge in [-0.1, -0.05) is 30.3 Å². The molecule has 0 spiro atoms. The van der Waals surface area contributed by atoms with Gasteiger partial charge in [0.2, 0.25) is 0 Å². The van der Waals surface area contributed by atoms with Crippen LogP contribution in [0, 0.1) is 13.8 Å². The second-order valence-corrected chi connectivity index (χ2v) is 5.57. The van der Waals surface area contributed by atoms with Gasteiger partial charge in [0.25, 0.3) is 5.91 Å². The van der Waals surface area contributed by atoms with Crippen molar-refractivity contribution in [2.24, 2.45) is 5.73 Å². The van der Waals surface area contributed by atoms with Gasteiger partial charge in [0.05, 0.1) is 5.56 Å². The lowest BCUT2D eigenvalue weighted by molar-refractivity contribution is 0.0942. The largest absolute Gasteiger partial charge is 0.352 e. The Morgan fingerprint density at radius 2 is 1.67 bits per heavy atom. The summed E-state index contributed by atoms with van der Waals surface area (Å²) in [5.74, 6) is -0.385. The number of nitrogens with two attached hydrogens (primary N) is 1. The summed E-state index contributed by atoms with van der Waals surface area (Å²) in [7, 11) is 0. The number of hydrogen-bond acceptors (Lipinski definition) is 3. The Bertz CT molecular complexity index is 729. The minimum absolute atomic E-state index is 0. The molecular weight excluding hydrogens is 324 g/mol. The predicted molar refractivity (Wildman–Crippen MR) is 99.0 cm³/mol. The third-order valence-electron chi connectivity index (χ3n) is 3.85. The van der Waals surface area contributed by atoms with Crippen LogP contribution in [0.25, 0.3) is 0 Å². The first kappa shape index (κ1) is 19.9. The first-order valence-electron chi connectivity index (χ1n) is 7.74. The van der Waals surface area contributed by atoms with Crippen molar-refractivity contribution in [1.82, 2.24) is 5.32 Å². The van der Waals surface area contributed by atoms with E-state index in [-0.39, 0.29) is 24.1 Å². The Hall–Kier alpha value is -2.17. The van der Waals surface area contributed by atoms with Gasteiger partial charge in [-0.05, 0) is 50.1 Å². The highest BCUT2D eigenvalue weighted by Gasteiger charge is 2.18. The number of carbonyl (C=O) groups is 2. The SMILES string of the molecule is Cc1ccc(C(=O)c2ccccc2C(=O)NCCCN)cc1C.Cl. The summed E-state index contributed by atoms with van der Waals surface area (Å²) < 4.78 is 0. The zero-order valence-corrected chi connectivity index (χ0v) is 14.8. The van der Waals surface area contributed by atoms with E-state index in [4.69, 9.17) is 5.73 Å². The van der Waals surface area contributed by atoms with Crippen LogP contribution in [0.5, 0.6) is 0 Å². The van der Waals surface area contributed by atoms with Gasteiger partial charge >= 0.3 is 0 Å². The van der Waals surface area contributed by atoms with Crippen LogP contribution < -0.4 is 11.1 Å². The monoisotopic (exact) mass is 346 g/mol. The number of hydrogen-bond donors (Lipinski definition) is 2. The Kier molecular flexibility index (Phi) is 7.62. The molecule has 4 nitrogen and oxygen atoms in total. The molecule has 1 amide bonds. The van der Waals surface area contributed by atoms with Crippen molar-refractivity contribution < 1.29 is 9.59 Å². The van der Waals surface area contributed by atoms with E-state index in [1.165, 1.54) is 0 Å². The van der Waals surface area contributed by atoms with E-state index < -0.39 is 0 Å². The zero-order valence-electron chi connectivity index (χ0n) is 14.0. The quantitative estimate of drug-likeness (QED) is 0.623. The van der Waals surface area contributed by atoms with Crippen LogP contribution in [0.4, 0.5) is 0 Å². The third kappa shape index (κ3) is 4.66. The number of nitrogens with one attached hydrogen (secondary N) is 1. The summed E-state index contributed by atoms with van der Waals surface area (Å²) >= 11 is 0. The zero-order chi connectivity index (χ0) is 16.8. The van der Waals surface area contributed by atoms with E-state index >= 15 is 0 Å². The minimum atomic E-state index is -0.244. The molecule has 0 aliphatic rings. The van der Waals surface area contributed by atoms with Gasteiger partial charge in [0, 0.05) is 17.7 Å².